The monoisotopic (exact) mass is 376 g/mol. The van der Waals surface area contributed by atoms with Gasteiger partial charge in [-0.05, 0) is 46.9 Å². The number of carbonyl (C=O) groups is 1. The van der Waals surface area contributed by atoms with Crippen LogP contribution >= 0.6 is 45.8 Å². The summed E-state index contributed by atoms with van der Waals surface area (Å²) in [6.45, 7) is 0. The van der Waals surface area contributed by atoms with Gasteiger partial charge in [-0.2, -0.15) is 0 Å². The molecule has 2 aromatic carbocycles. The molecule has 0 bridgehead atoms. The molecule has 0 N–H and O–H groups in total. The minimum atomic E-state index is -0.109. The van der Waals surface area contributed by atoms with E-state index < -0.39 is 0 Å². The largest absolute Gasteiger partial charge is 0.289 e. The SMILES string of the molecule is O=C(c1ccccc1I)c1cccc(Cl)c1Cl. The Labute approximate surface area is 123 Å². The Kier molecular flexibility index (Phi) is 4.07. The zero-order chi connectivity index (χ0) is 12.4. The van der Waals surface area contributed by atoms with Crippen molar-refractivity contribution in [1.29, 1.82) is 0 Å². The first-order valence-electron chi connectivity index (χ1n) is 4.84. The van der Waals surface area contributed by atoms with Gasteiger partial charge in [0, 0.05) is 14.7 Å². The van der Waals surface area contributed by atoms with Gasteiger partial charge >= 0.3 is 0 Å². The van der Waals surface area contributed by atoms with E-state index in [-0.39, 0.29) is 5.78 Å². The second-order valence-corrected chi connectivity index (χ2v) is 5.36. The molecule has 0 spiro atoms. The normalized spacial score (nSPS) is 10.3. The molecule has 0 radical (unpaired) electrons. The van der Waals surface area contributed by atoms with Gasteiger partial charge in [0.1, 0.15) is 0 Å². The molecular formula is C13H7Cl2IO. The van der Waals surface area contributed by atoms with Crippen LogP contribution in [0.15, 0.2) is 42.5 Å². The van der Waals surface area contributed by atoms with Gasteiger partial charge in [0.2, 0.25) is 0 Å². The summed E-state index contributed by atoms with van der Waals surface area (Å²) in [5, 5.41) is 0.697. The second kappa shape index (κ2) is 5.38. The molecule has 1 nitrogen and oxygen atoms in total. The third kappa shape index (κ3) is 2.64. The summed E-state index contributed by atoms with van der Waals surface area (Å²) in [7, 11) is 0. The van der Waals surface area contributed by atoms with E-state index in [9.17, 15) is 4.79 Å². The van der Waals surface area contributed by atoms with E-state index >= 15 is 0 Å². The van der Waals surface area contributed by atoms with Gasteiger partial charge in [0.25, 0.3) is 0 Å². The molecule has 0 fully saturated rings. The maximum absolute atomic E-state index is 12.3. The van der Waals surface area contributed by atoms with E-state index in [2.05, 4.69) is 22.6 Å². The van der Waals surface area contributed by atoms with Crippen molar-refractivity contribution in [2.75, 3.05) is 0 Å². The fraction of sp³-hybridized carbons (Fsp3) is 0. The maximum atomic E-state index is 12.3. The van der Waals surface area contributed by atoms with Crippen LogP contribution in [0.25, 0.3) is 0 Å². The van der Waals surface area contributed by atoms with Gasteiger partial charge in [0.05, 0.1) is 10.0 Å². The third-order valence-corrected chi connectivity index (χ3v) is 4.07. The van der Waals surface area contributed by atoms with Crippen LogP contribution in [0, 0.1) is 3.57 Å². The number of carbonyl (C=O) groups excluding carboxylic acids is 1. The summed E-state index contributed by atoms with van der Waals surface area (Å²) in [5.41, 5.74) is 1.07. The lowest BCUT2D eigenvalue weighted by Gasteiger charge is -2.06. The molecule has 17 heavy (non-hydrogen) atoms. The molecule has 0 amide bonds. The zero-order valence-corrected chi connectivity index (χ0v) is 12.3. The quantitative estimate of drug-likeness (QED) is 0.542. The van der Waals surface area contributed by atoms with Gasteiger partial charge in [0.15, 0.2) is 5.78 Å². The second-order valence-electron chi connectivity index (χ2n) is 3.41. The lowest BCUT2D eigenvalue weighted by molar-refractivity contribution is 0.103. The number of hydrogen-bond acceptors (Lipinski definition) is 1. The molecule has 2 aromatic rings. The van der Waals surface area contributed by atoms with Crippen LogP contribution in [-0.2, 0) is 0 Å². The van der Waals surface area contributed by atoms with Crippen molar-refractivity contribution in [3.05, 3.63) is 67.2 Å². The maximum Gasteiger partial charge on any atom is 0.195 e. The van der Waals surface area contributed by atoms with Crippen LogP contribution in [0.2, 0.25) is 10.0 Å². The molecule has 0 saturated carbocycles. The van der Waals surface area contributed by atoms with E-state index in [1.807, 2.05) is 18.2 Å². The fourth-order valence-electron chi connectivity index (χ4n) is 1.47. The number of halogens is 3. The van der Waals surface area contributed by atoms with Crippen molar-refractivity contribution in [3.63, 3.8) is 0 Å². The van der Waals surface area contributed by atoms with Crippen LogP contribution in [-0.4, -0.2) is 5.78 Å². The van der Waals surface area contributed by atoms with Crippen molar-refractivity contribution in [2.45, 2.75) is 0 Å². The molecular weight excluding hydrogens is 370 g/mol. The summed E-state index contributed by atoms with van der Waals surface area (Å²) in [6, 6.07) is 12.4. The summed E-state index contributed by atoms with van der Waals surface area (Å²) in [6.07, 6.45) is 0. The molecule has 86 valence electrons. The lowest BCUT2D eigenvalue weighted by Crippen LogP contribution is -2.04. The predicted octanol–water partition coefficient (Wildman–Crippen LogP) is 4.83. The highest BCUT2D eigenvalue weighted by molar-refractivity contribution is 14.1. The standard InChI is InChI=1S/C13H7Cl2IO/c14-10-6-3-5-9(12(10)15)13(17)8-4-1-2-7-11(8)16/h1-7H. The fourth-order valence-corrected chi connectivity index (χ4v) is 2.49. The van der Waals surface area contributed by atoms with Crippen molar-refractivity contribution in [1.82, 2.24) is 0 Å². The van der Waals surface area contributed by atoms with E-state index in [1.165, 1.54) is 0 Å². The molecule has 0 aromatic heterocycles. The van der Waals surface area contributed by atoms with Crippen molar-refractivity contribution in [2.24, 2.45) is 0 Å². The average Bonchev–Trinajstić information content (AvgIpc) is 2.32. The topological polar surface area (TPSA) is 17.1 Å². The van der Waals surface area contributed by atoms with E-state index in [0.29, 0.717) is 21.2 Å². The highest BCUT2D eigenvalue weighted by atomic mass is 127. The minimum Gasteiger partial charge on any atom is -0.289 e. The molecule has 0 heterocycles. The molecule has 0 aliphatic carbocycles. The number of benzene rings is 2. The smallest absolute Gasteiger partial charge is 0.195 e. The van der Waals surface area contributed by atoms with Crippen molar-refractivity contribution in [3.8, 4) is 0 Å². The lowest BCUT2D eigenvalue weighted by atomic mass is 10.0. The number of hydrogen-bond donors (Lipinski definition) is 0. The highest BCUT2D eigenvalue weighted by Crippen LogP contribution is 2.28. The van der Waals surface area contributed by atoms with Crippen LogP contribution in [0.1, 0.15) is 15.9 Å². The van der Waals surface area contributed by atoms with Crippen molar-refractivity contribution >= 4 is 51.6 Å². The molecule has 0 atom stereocenters. The molecule has 0 unspecified atom stereocenters. The first-order chi connectivity index (χ1) is 8.11. The Bertz CT molecular complexity index is 581. The van der Waals surface area contributed by atoms with Gasteiger partial charge < -0.3 is 0 Å². The molecule has 0 aliphatic heterocycles. The first kappa shape index (κ1) is 12.9. The van der Waals surface area contributed by atoms with E-state index in [0.717, 1.165) is 3.57 Å². The van der Waals surface area contributed by atoms with Crippen molar-refractivity contribution < 1.29 is 4.79 Å². The minimum absolute atomic E-state index is 0.109. The molecule has 4 heteroatoms. The van der Waals surface area contributed by atoms with Crippen LogP contribution in [0.5, 0.6) is 0 Å². The van der Waals surface area contributed by atoms with Gasteiger partial charge in [-0.15, -0.1) is 0 Å². The van der Waals surface area contributed by atoms with Gasteiger partial charge in [-0.1, -0.05) is 41.4 Å². The van der Waals surface area contributed by atoms with Gasteiger partial charge in [-0.3, -0.25) is 4.79 Å². The Hall–Kier alpha value is -0.580. The summed E-state index contributed by atoms with van der Waals surface area (Å²) in [5.74, 6) is -0.109. The summed E-state index contributed by atoms with van der Waals surface area (Å²) < 4.78 is 0.895. The Morgan fingerprint density at radius 1 is 0.941 bits per heavy atom. The van der Waals surface area contributed by atoms with E-state index in [1.54, 1.807) is 24.3 Å². The first-order valence-corrected chi connectivity index (χ1v) is 6.68. The Morgan fingerprint density at radius 3 is 2.29 bits per heavy atom. The Balaban J connectivity index is 2.52. The van der Waals surface area contributed by atoms with Crippen LogP contribution in [0.3, 0.4) is 0 Å². The highest BCUT2D eigenvalue weighted by Gasteiger charge is 2.16. The molecule has 2 rings (SSSR count). The molecule has 0 saturated heterocycles. The summed E-state index contributed by atoms with van der Waals surface area (Å²) in [4.78, 5) is 12.3. The third-order valence-electron chi connectivity index (χ3n) is 2.31. The van der Waals surface area contributed by atoms with Crippen LogP contribution in [0.4, 0.5) is 0 Å². The summed E-state index contributed by atoms with van der Waals surface area (Å²) >= 11 is 14.1. The van der Waals surface area contributed by atoms with Gasteiger partial charge in [-0.25, -0.2) is 0 Å². The van der Waals surface area contributed by atoms with E-state index in [4.69, 9.17) is 23.2 Å². The number of rotatable bonds is 2. The Morgan fingerprint density at radius 2 is 1.59 bits per heavy atom. The number of ketones is 1. The van der Waals surface area contributed by atoms with Crippen LogP contribution < -0.4 is 0 Å². The zero-order valence-electron chi connectivity index (χ0n) is 8.58. The predicted molar refractivity (Wildman–Crippen MR) is 79.1 cm³/mol. The average molecular weight is 377 g/mol. The molecule has 0 aliphatic rings.